The normalized spacial score (nSPS) is 15.3. The van der Waals surface area contributed by atoms with Gasteiger partial charge in [-0.05, 0) is 80.4 Å². The molecule has 5 heteroatoms. The average molecular weight is 407 g/mol. The Hall–Kier alpha value is -1.91. The molecule has 0 saturated heterocycles. The zero-order valence-corrected chi connectivity index (χ0v) is 18.3. The van der Waals surface area contributed by atoms with Gasteiger partial charge in [0, 0.05) is 0 Å². The molecule has 0 atom stereocenters. The molecular weight excluding hydrogens is 368 g/mol. The van der Waals surface area contributed by atoms with E-state index in [1.165, 1.54) is 6.42 Å². The summed E-state index contributed by atoms with van der Waals surface area (Å²) in [5.41, 5.74) is 1.53. The van der Waals surface area contributed by atoms with E-state index in [1.54, 1.807) is 0 Å². The summed E-state index contributed by atoms with van der Waals surface area (Å²) in [6, 6.07) is 1.84. The van der Waals surface area contributed by atoms with Crippen LogP contribution in [0.4, 0.5) is 0 Å². The van der Waals surface area contributed by atoms with Crippen molar-refractivity contribution in [2.24, 2.45) is 5.41 Å². The number of carbonyl (C=O) groups excluding carboxylic acids is 1. The van der Waals surface area contributed by atoms with E-state index in [0.717, 1.165) is 57.8 Å². The van der Waals surface area contributed by atoms with E-state index in [2.05, 4.69) is 20.8 Å². The lowest BCUT2D eigenvalue weighted by Gasteiger charge is -2.17. The number of aryl methyl sites for hydroxylation is 2. The smallest absolute Gasteiger partial charge is 0.293 e. The van der Waals surface area contributed by atoms with E-state index in [9.17, 15) is 20.1 Å². The van der Waals surface area contributed by atoms with Crippen LogP contribution in [0.25, 0.3) is 0 Å². The summed E-state index contributed by atoms with van der Waals surface area (Å²) in [7, 11) is 0. The third-order valence-corrected chi connectivity index (χ3v) is 5.96. The molecule has 1 aromatic carbocycles. The minimum atomic E-state index is -0.400. The summed E-state index contributed by atoms with van der Waals surface area (Å²) in [5.74, 6) is -0.797. The molecule has 1 aliphatic rings. The first kappa shape index (κ1) is 23.4. The van der Waals surface area contributed by atoms with Crippen LogP contribution >= 0.6 is 0 Å². The van der Waals surface area contributed by atoms with Gasteiger partial charge in [-0.3, -0.25) is 4.79 Å². The van der Waals surface area contributed by atoms with E-state index >= 15 is 0 Å². The fourth-order valence-corrected chi connectivity index (χ4v) is 3.90. The maximum absolute atomic E-state index is 10.5. The maximum atomic E-state index is 10.5. The molecule has 0 amide bonds. The number of rotatable bonds is 13. The highest BCUT2D eigenvalue weighted by atomic mass is 16.5. The molecule has 29 heavy (non-hydrogen) atoms. The number of benzene rings is 1. The van der Waals surface area contributed by atoms with E-state index < -0.39 is 5.75 Å². The van der Waals surface area contributed by atoms with Gasteiger partial charge in [-0.1, -0.05) is 40.0 Å². The fourth-order valence-electron chi connectivity index (χ4n) is 3.90. The van der Waals surface area contributed by atoms with Gasteiger partial charge in [0.05, 0.1) is 0 Å². The first-order valence-corrected chi connectivity index (χ1v) is 11.0. The Morgan fingerprint density at radius 1 is 0.897 bits per heavy atom. The number of hydrogen-bond donors (Lipinski definition) is 3. The van der Waals surface area contributed by atoms with Crippen molar-refractivity contribution in [1.29, 1.82) is 0 Å². The van der Waals surface area contributed by atoms with Crippen molar-refractivity contribution in [1.82, 2.24) is 0 Å². The number of carbonyl (C=O) groups is 1. The summed E-state index contributed by atoms with van der Waals surface area (Å²) in [6.07, 6.45) is 11.3. The Morgan fingerprint density at radius 3 is 1.93 bits per heavy atom. The van der Waals surface area contributed by atoms with Gasteiger partial charge in [0.15, 0.2) is 11.5 Å². The van der Waals surface area contributed by atoms with Crippen molar-refractivity contribution in [3.05, 3.63) is 17.2 Å². The lowest BCUT2D eigenvalue weighted by molar-refractivity contribution is -0.135. The third kappa shape index (κ3) is 7.45. The van der Waals surface area contributed by atoms with Crippen LogP contribution in [-0.4, -0.2) is 27.4 Å². The second-order valence-corrected chi connectivity index (χ2v) is 9.82. The van der Waals surface area contributed by atoms with Crippen LogP contribution in [-0.2, 0) is 22.4 Å². The number of phenols is 3. The molecule has 1 saturated carbocycles. The fraction of sp³-hybridized carbons (Fsp3) is 0.708. The van der Waals surface area contributed by atoms with Gasteiger partial charge in [0.2, 0.25) is 5.75 Å². The predicted molar refractivity (Wildman–Crippen MR) is 114 cm³/mol. The van der Waals surface area contributed by atoms with Gasteiger partial charge in [-0.25, -0.2) is 0 Å². The molecule has 2 rings (SSSR count). The number of hydrogen-bond acceptors (Lipinski definition) is 5. The summed E-state index contributed by atoms with van der Waals surface area (Å²) >= 11 is 0. The van der Waals surface area contributed by atoms with Gasteiger partial charge in [0.25, 0.3) is 6.47 Å². The average Bonchev–Trinajstić information content (AvgIpc) is 3.41. The lowest BCUT2D eigenvalue weighted by Crippen LogP contribution is -2.12. The number of aromatic hydroxyl groups is 3. The van der Waals surface area contributed by atoms with Crippen molar-refractivity contribution < 1.29 is 24.9 Å². The van der Waals surface area contributed by atoms with Crippen LogP contribution in [0.2, 0.25) is 0 Å². The molecule has 0 heterocycles. The van der Waals surface area contributed by atoms with Crippen LogP contribution < -0.4 is 0 Å². The van der Waals surface area contributed by atoms with E-state index in [4.69, 9.17) is 4.74 Å². The van der Waals surface area contributed by atoms with Crippen molar-refractivity contribution in [2.75, 3.05) is 0 Å². The Labute approximate surface area is 175 Å². The lowest BCUT2D eigenvalue weighted by atomic mass is 9.89. The SMILES string of the molecule is CC(C)(C)CCCCCc1cc(CCCCCC2(OC=O)CC2)c(O)c(O)c1O. The Balaban J connectivity index is 1.80. The van der Waals surface area contributed by atoms with Gasteiger partial charge in [-0.15, -0.1) is 0 Å². The number of ether oxygens (including phenoxy) is 1. The molecule has 0 spiro atoms. The molecule has 1 aromatic rings. The molecule has 164 valence electrons. The largest absolute Gasteiger partial charge is 0.504 e. The van der Waals surface area contributed by atoms with Crippen LogP contribution in [0, 0.1) is 5.41 Å². The summed E-state index contributed by atoms with van der Waals surface area (Å²) in [4.78, 5) is 10.5. The van der Waals surface area contributed by atoms with Crippen molar-refractivity contribution in [3.63, 3.8) is 0 Å². The van der Waals surface area contributed by atoms with E-state index in [0.29, 0.717) is 35.9 Å². The summed E-state index contributed by atoms with van der Waals surface area (Å²) in [5, 5.41) is 30.5. The highest BCUT2D eigenvalue weighted by Crippen LogP contribution is 2.44. The monoisotopic (exact) mass is 406 g/mol. The topological polar surface area (TPSA) is 87.0 Å². The zero-order valence-electron chi connectivity index (χ0n) is 18.3. The zero-order chi connectivity index (χ0) is 21.5. The van der Waals surface area contributed by atoms with Crippen molar-refractivity contribution in [2.45, 2.75) is 103 Å². The molecule has 1 aliphatic carbocycles. The van der Waals surface area contributed by atoms with Crippen LogP contribution in [0.5, 0.6) is 17.2 Å². The van der Waals surface area contributed by atoms with Crippen LogP contribution in [0.3, 0.4) is 0 Å². The molecule has 0 aliphatic heterocycles. The molecule has 0 aromatic heterocycles. The van der Waals surface area contributed by atoms with Gasteiger partial charge < -0.3 is 20.1 Å². The maximum Gasteiger partial charge on any atom is 0.293 e. The molecular formula is C24H38O5. The third-order valence-electron chi connectivity index (χ3n) is 5.96. The Kier molecular flexibility index (Phi) is 8.23. The molecule has 0 unspecified atom stereocenters. The van der Waals surface area contributed by atoms with Crippen molar-refractivity contribution in [3.8, 4) is 17.2 Å². The first-order valence-electron chi connectivity index (χ1n) is 11.0. The highest BCUT2D eigenvalue weighted by Gasteiger charge is 2.44. The molecule has 0 radical (unpaired) electrons. The second-order valence-electron chi connectivity index (χ2n) is 9.82. The summed E-state index contributed by atoms with van der Waals surface area (Å²) in [6.45, 7) is 7.27. The predicted octanol–water partition coefficient (Wildman–Crippen LogP) is 5.76. The summed E-state index contributed by atoms with van der Waals surface area (Å²) < 4.78 is 5.16. The van der Waals surface area contributed by atoms with Gasteiger partial charge in [-0.2, -0.15) is 0 Å². The molecule has 3 N–H and O–H groups in total. The second kappa shape index (κ2) is 10.2. The minimum Gasteiger partial charge on any atom is -0.504 e. The Morgan fingerprint density at radius 2 is 1.45 bits per heavy atom. The molecule has 0 bridgehead atoms. The van der Waals surface area contributed by atoms with Crippen LogP contribution in [0.15, 0.2) is 6.07 Å². The Bertz CT molecular complexity index is 671. The van der Waals surface area contributed by atoms with E-state index in [1.807, 2.05) is 6.07 Å². The first-order chi connectivity index (χ1) is 13.7. The molecule has 1 fully saturated rings. The minimum absolute atomic E-state index is 0.191. The van der Waals surface area contributed by atoms with Gasteiger partial charge in [0.1, 0.15) is 5.60 Å². The quantitative estimate of drug-likeness (QED) is 0.220. The highest BCUT2D eigenvalue weighted by molar-refractivity contribution is 5.57. The number of phenolic OH excluding ortho intramolecular Hbond substituents is 3. The van der Waals surface area contributed by atoms with Gasteiger partial charge >= 0.3 is 0 Å². The van der Waals surface area contributed by atoms with Crippen molar-refractivity contribution >= 4 is 6.47 Å². The standard InChI is InChI=1S/C24H38O5/c1-23(2,3)12-8-4-6-10-18-16-19(21(27)22(28)20(18)26)11-7-5-9-13-24(14-15-24)29-17-25/h16-17,26-28H,4-15H2,1-3H3. The van der Waals surface area contributed by atoms with Crippen LogP contribution in [0.1, 0.15) is 96.1 Å². The number of unbranched alkanes of at least 4 members (excludes halogenated alkanes) is 4. The van der Waals surface area contributed by atoms with E-state index in [-0.39, 0.29) is 17.1 Å². The molecule has 5 nitrogen and oxygen atoms in total.